The van der Waals surface area contributed by atoms with Crippen molar-refractivity contribution in [3.8, 4) is 0 Å². The van der Waals surface area contributed by atoms with Crippen LogP contribution in [0.5, 0.6) is 0 Å². The molecule has 1 saturated carbocycles. The summed E-state index contributed by atoms with van der Waals surface area (Å²) >= 11 is 0. The van der Waals surface area contributed by atoms with Gasteiger partial charge in [-0.25, -0.2) is 4.98 Å². The smallest absolute Gasteiger partial charge is 0.224 e. The normalized spacial score (nSPS) is 16.9. The zero-order valence-corrected chi connectivity index (χ0v) is 12.2. The fraction of sp³-hybridized carbons (Fsp3) is 0.733. The van der Waals surface area contributed by atoms with E-state index in [1.165, 1.54) is 38.5 Å². The number of nitrogens with zero attached hydrogens (tertiary/aromatic N) is 2. The van der Waals surface area contributed by atoms with Crippen molar-refractivity contribution in [3.05, 3.63) is 11.8 Å². The first-order valence-electron chi connectivity index (χ1n) is 7.64. The molecule has 0 radical (unpaired) electrons. The molecule has 4 nitrogen and oxygen atoms in total. The molecule has 0 aromatic carbocycles. The number of hydrogen-bond acceptors (Lipinski definition) is 4. The minimum atomic E-state index is 0.579. The zero-order chi connectivity index (χ0) is 13.5. The fourth-order valence-electron chi connectivity index (χ4n) is 2.59. The lowest BCUT2D eigenvalue weighted by atomic mass is 10.1. The fourth-order valence-corrected chi connectivity index (χ4v) is 2.59. The topological polar surface area (TPSA) is 49.8 Å². The van der Waals surface area contributed by atoms with Gasteiger partial charge in [0.2, 0.25) is 5.95 Å². The minimum Gasteiger partial charge on any atom is -0.367 e. The van der Waals surface area contributed by atoms with E-state index in [9.17, 15) is 0 Å². The van der Waals surface area contributed by atoms with Crippen LogP contribution in [-0.4, -0.2) is 22.6 Å². The van der Waals surface area contributed by atoms with Gasteiger partial charge in [0.05, 0.1) is 0 Å². The molecule has 1 aliphatic rings. The van der Waals surface area contributed by atoms with Gasteiger partial charge in [0, 0.05) is 24.3 Å². The Morgan fingerprint density at radius 1 is 1.16 bits per heavy atom. The number of hydrogen-bond donors (Lipinski definition) is 2. The van der Waals surface area contributed by atoms with Crippen LogP contribution in [-0.2, 0) is 0 Å². The van der Waals surface area contributed by atoms with Gasteiger partial charge in [-0.05, 0) is 26.2 Å². The summed E-state index contributed by atoms with van der Waals surface area (Å²) in [5, 5.41) is 6.85. The molecule has 0 amide bonds. The van der Waals surface area contributed by atoms with E-state index in [0.717, 1.165) is 30.4 Å². The number of aromatic nitrogens is 2. The Kier molecular flexibility index (Phi) is 5.43. The molecule has 0 spiro atoms. The maximum absolute atomic E-state index is 4.56. The van der Waals surface area contributed by atoms with Gasteiger partial charge in [-0.3, -0.25) is 0 Å². The van der Waals surface area contributed by atoms with E-state index in [1.54, 1.807) is 0 Å². The van der Waals surface area contributed by atoms with Gasteiger partial charge in [-0.15, -0.1) is 0 Å². The molecule has 0 atom stereocenters. The summed E-state index contributed by atoms with van der Waals surface area (Å²) in [7, 11) is 0. The summed E-state index contributed by atoms with van der Waals surface area (Å²) in [6.45, 7) is 5.09. The molecule has 1 aromatic heterocycles. The molecule has 0 unspecified atom stereocenters. The van der Waals surface area contributed by atoms with Crippen LogP contribution >= 0.6 is 0 Å². The third-order valence-corrected chi connectivity index (χ3v) is 3.59. The predicted molar refractivity (Wildman–Crippen MR) is 80.7 cm³/mol. The molecule has 4 heteroatoms. The second-order valence-corrected chi connectivity index (χ2v) is 5.48. The van der Waals surface area contributed by atoms with Crippen molar-refractivity contribution in [1.82, 2.24) is 9.97 Å². The first-order chi connectivity index (χ1) is 9.28. The number of rotatable bonds is 5. The summed E-state index contributed by atoms with van der Waals surface area (Å²) in [4.78, 5) is 8.98. The Morgan fingerprint density at radius 3 is 2.58 bits per heavy atom. The summed E-state index contributed by atoms with van der Waals surface area (Å²) in [5.41, 5.74) is 1.02. The minimum absolute atomic E-state index is 0.579. The Hall–Kier alpha value is -1.32. The molecule has 0 bridgehead atoms. The van der Waals surface area contributed by atoms with E-state index in [0.29, 0.717) is 6.04 Å². The van der Waals surface area contributed by atoms with E-state index in [1.807, 2.05) is 13.0 Å². The lowest BCUT2D eigenvalue weighted by Gasteiger charge is -2.17. The number of aryl methyl sites for hydroxylation is 1. The molecule has 1 aliphatic carbocycles. The number of anilines is 2. The maximum atomic E-state index is 4.56. The SMILES string of the molecule is CCCNc1nc(C)cc(NC2CCCCCC2)n1. The van der Waals surface area contributed by atoms with Crippen molar-refractivity contribution in [2.75, 3.05) is 17.2 Å². The quantitative estimate of drug-likeness (QED) is 0.794. The van der Waals surface area contributed by atoms with Crippen molar-refractivity contribution in [1.29, 1.82) is 0 Å². The molecule has 2 N–H and O–H groups in total. The molecule has 0 aliphatic heterocycles. The van der Waals surface area contributed by atoms with E-state index in [4.69, 9.17) is 0 Å². The Labute approximate surface area is 116 Å². The van der Waals surface area contributed by atoms with Gasteiger partial charge in [0.1, 0.15) is 5.82 Å². The van der Waals surface area contributed by atoms with E-state index >= 15 is 0 Å². The van der Waals surface area contributed by atoms with Gasteiger partial charge in [0.15, 0.2) is 0 Å². The second-order valence-electron chi connectivity index (χ2n) is 5.48. The van der Waals surface area contributed by atoms with Gasteiger partial charge in [-0.1, -0.05) is 32.6 Å². The molecule has 1 heterocycles. The van der Waals surface area contributed by atoms with Crippen LogP contribution in [0.15, 0.2) is 6.07 Å². The van der Waals surface area contributed by atoms with E-state index in [2.05, 4.69) is 27.5 Å². The first kappa shape index (κ1) is 14.1. The first-order valence-corrected chi connectivity index (χ1v) is 7.64. The maximum Gasteiger partial charge on any atom is 0.224 e. The van der Waals surface area contributed by atoms with Crippen molar-refractivity contribution >= 4 is 11.8 Å². The average Bonchev–Trinajstić information content (AvgIpc) is 2.64. The molecule has 106 valence electrons. The average molecular weight is 262 g/mol. The van der Waals surface area contributed by atoms with Crippen LogP contribution < -0.4 is 10.6 Å². The van der Waals surface area contributed by atoms with Crippen LogP contribution in [0.2, 0.25) is 0 Å². The zero-order valence-electron chi connectivity index (χ0n) is 12.2. The van der Waals surface area contributed by atoms with Gasteiger partial charge < -0.3 is 10.6 Å². The van der Waals surface area contributed by atoms with Crippen molar-refractivity contribution < 1.29 is 0 Å². The second kappa shape index (κ2) is 7.31. The highest BCUT2D eigenvalue weighted by Gasteiger charge is 2.13. The van der Waals surface area contributed by atoms with Crippen LogP contribution in [0.4, 0.5) is 11.8 Å². The molecule has 2 rings (SSSR count). The number of nitrogens with one attached hydrogen (secondary N) is 2. The van der Waals surface area contributed by atoms with E-state index in [-0.39, 0.29) is 0 Å². The Balaban J connectivity index is 1.99. The lowest BCUT2D eigenvalue weighted by molar-refractivity contribution is 0.617. The highest BCUT2D eigenvalue weighted by molar-refractivity contribution is 5.42. The van der Waals surface area contributed by atoms with Gasteiger partial charge in [0.25, 0.3) is 0 Å². The molecule has 19 heavy (non-hydrogen) atoms. The third kappa shape index (κ3) is 4.69. The third-order valence-electron chi connectivity index (χ3n) is 3.59. The Bertz CT molecular complexity index is 384. The summed E-state index contributed by atoms with van der Waals surface area (Å²) in [5.74, 6) is 1.72. The Morgan fingerprint density at radius 2 is 1.89 bits per heavy atom. The van der Waals surface area contributed by atoms with Crippen LogP contribution in [0.3, 0.4) is 0 Å². The van der Waals surface area contributed by atoms with Gasteiger partial charge in [-0.2, -0.15) is 4.98 Å². The lowest BCUT2D eigenvalue weighted by Crippen LogP contribution is -2.19. The van der Waals surface area contributed by atoms with Crippen molar-refractivity contribution in [2.24, 2.45) is 0 Å². The molecule has 0 saturated heterocycles. The summed E-state index contributed by atoms with van der Waals surface area (Å²) in [6.07, 6.45) is 9.05. The van der Waals surface area contributed by atoms with Crippen LogP contribution in [0.1, 0.15) is 57.6 Å². The van der Waals surface area contributed by atoms with Crippen molar-refractivity contribution in [2.45, 2.75) is 64.8 Å². The van der Waals surface area contributed by atoms with E-state index < -0.39 is 0 Å². The summed E-state index contributed by atoms with van der Waals surface area (Å²) < 4.78 is 0. The highest BCUT2D eigenvalue weighted by atomic mass is 15.1. The predicted octanol–water partition coefficient (Wildman–Crippen LogP) is 3.74. The molecule has 1 aromatic rings. The standard InChI is InChI=1S/C15H26N4/c1-3-10-16-15-17-12(2)11-14(19-15)18-13-8-6-4-5-7-9-13/h11,13H,3-10H2,1-2H3,(H2,16,17,18,19). The van der Waals surface area contributed by atoms with Crippen molar-refractivity contribution in [3.63, 3.8) is 0 Å². The highest BCUT2D eigenvalue weighted by Crippen LogP contribution is 2.21. The summed E-state index contributed by atoms with van der Waals surface area (Å²) in [6, 6.07) is 2.62. The van der Waals surface area contributed by atoms with Crippen LogP contribution in [0.25, 0.3) is 0 Å². The largest absolute Gasteiger partial charge is 0.367 e. The van der Waals surface area contributed by atoms with Gasteiger partial charge >= 0.3 is 0 Å². The monoisotopic (exact) mass is 262 g/mol. The molecular formula is C15H26N4. The van der Waals surface area contributed by atoms with Crippen LogP contribution in [0, 0.1) is 6.92 Å². The molecular weight excluding hydrogens is 236 g/mol. The molecule has 1 fully saturated rings.